The molecule has 12 bridgehead atoms. The Morgan fingerprint density at radius 2 is 0.738 bits per heavy atom. The van der Waals surface area contributed by atoms with Crippen LogP contribution in [0.25, 0.3) is 0 Å². The number of carbonyl (C=O) groups is 5. The Balaban J connectivity index is 0.000000158. The molecular formula is C50H66I2O13. The molecule has 0 saturated heterocycles. The number of hydrogen-bond acceptors (Lipinski definition) is 12. The van der Waals surface area contributed by atoms with E-state index < -0.39 is 92.3 Å². The standard InChI is InChI=1S/C28H35IO6.C11H16O3.C10H11IO4.CH4/c30-23(25-8-18-6-19(9-25)13-27(32,12-18)16-25)34-29(22-4-2-1-3-5-22)35-24(31)26-10-20-7-21(11-26)15-28(33,14-20)17-26;12-9(13)10-2-7-1-8(3-10)5-11(14,4-7)6-10;1-8(12)14-11(15-9(2)13)10-6-4-3-5-7-10;/h1-5,18-21,32-33H,6-17H2;7-8,14H,1-6H2,(H,12,13);3-7H,1-2H3;1H4. The molecule has 2 aromatic carbocycles. The number of hydrogen-bond donors (Lipinski definition) is 4. The minimum atomic E-state index is -3.10. The van der Waals surface area contributed by atoms with E-state index >= 15 is 0 Å². The number of aliphatic hydroxyl groups is 3. The van der Waals surface area contributed by atoms with Crippen LogP contribution >= 0.6 is 41.3 Å². The van der Waals surface area contributed by atoms with Gasteiger partial charge in [0.15, 0.2) is 0 Å². The SMILES string of the molecule is C.CC(=O)OI(OC(C)=O)c1ccccc1.O=C(O)C12CC3CC(CC(O)(C3)C1)C2.O=C(OI(OC(=O)C12CC3CC(CC(O)(C3)C1)C2)c1ccccc1)C12CC3CC(CC(O)(C3)C1)C2. The average molecular weight is 1130 g/mol. The van der Waals surface area contributed by atoms with Gasteiger partial charge in [-0.2, -0.15) is 0 Å². The van der Waals surface area contributed by atoms with Crippen molar-refractivity contribution in [2.75, 3.05) is 0 Å². The Kier molecular flexibility index (Phi) is 13.6. The summed E-state index contributed by atoms with van der Waals surface area (Å²) < 4.78 is 24.1. The number of aliphatic carboxylic acids is 1. The molecular weight excluding hydrogens is 1060 g/mol. The summed E-state index contributed by atoms with van der Waals surface area (Å²) in [5.41, 5.74) is -4.00. The Morgan fingerprint density at radius 3 is 1.02 bits per heavy atom. The zero-order chi connectivity index (χ0) is 45.3. The van der Waals surface area contributed by atoms with E-state index in [1.54, 1.807) is 12.1 Å². The van der Waals surface area contributed by atoms with Crippen molar-refractivity contribution in [3.05, 3.63) is 67.8 Å². The molecule has 12 aliphatic rings. The maximum absolute atomic E-state index is 13.8. The molecule has 0 heterocycles. The van der Waals surface area contributed by atoms with Crippen LogP contribution in [0.2, 0.25) is 0 Å². The third kappa shape index (κ3) is 10.1. The van der Waals surface area contributed by atoms with Crippen LogP contribution in [0.5, 0.6) is 0 Å². The fourth-order valence-corrected chi connectivity index (χ4v) is 21.1. The van der Waals surface area contributed by atoms with Gasteiger partial charge in [0.1, 0.15) is 0 Å². The van der Waals surface area contributed by atoms with Crippen LogP contribution in [0.4, 0.5) is 0 Å². The fourth-order valence-electron chi connectivity index (χ4n) is 15.1. The van der Waals surface area contributed by atoms with Crippen LogP contribution in [0, 0.1) is 58.9 Å². The first kappa shape index (κ1) is 48.6. The van der Waals surface area contributed by atoms with Crippen molar-refractivity contribution in [3.8, 4) is 0 Å². The number of carboxylic acid groups (broad SMARTS) is 1. The van der Waals surface area contributed by atoms with Crippen LogP contribution < -0.4 is 0 Å². The second-order valence-electron chi connectivity index (χ2n) is 21.6. The first-order chi connectivity index (χ1) is 30.3. The molecule has 4 N–H and O–H groups in total. The third-order valence-electron chi connectivity index (χ3n) is 15.9. The zero-order valence-corrected chi connectivity index (χ0v) is 41.0. The summed E-state index contributed by atoms with van der Waals surface area (Å²) in [6, 6.07) is 18.5. The van der Waals surface area contributed by atoms with Crippen molar-refractivity contribution in [2.45, 2.75) is 154 Å². The van der Waals surface area contributed by atoms with Crippen LogP contribution in [0.1, 0.15) is 137 Å². The van der Waals surface area contributed by atoms with Crippen molar-refractivity contribution < 1.29 is 56.7 Å². The summed E-state index contributed by atoms with van der Waals surface area (Å²) >= 11 is -5.69. The molecule has 6 atom stereocenters. The molecule has 6 unspecified atom stereocenters. The van der Waals surface area contributed by atoms with Crippen molar-refractivity contribution in [2.24, 2.45) is 51.8 Å². The van der Waals surface area contributed by atoms with E-state index in [1.165, 1.54) is 13.8 Å². The summed E-state index contributed by atoms with van der Waals surface area (Å²) in [4.78, 5) is 60.5. The fraction of sp³-hybridized carbons (Fsp3) is 0.660. The summed E-state index contributed by atoms with van der Waals surface area (Å²) in [6.07, 6.45) is 14.4. The first-order valence-corrected chi connectivity index (χ1v) is 28.7. The van der Waals surface area contributed by atoms with Gasteiger partial charge in [0, 0.05) is 0 Å². The number of benzene rings is 2. The monoisotopic (exact) mass is 1130 g/mol. The summed E-state index contributed by atoms with van der Waals surface area (Å²) in [6.45, 7) is 2.60. The zero-order valence-electron chi connectivity index (χ0n) is 36.7. The second-order valence-corrected chi connectivity index (χ2v) is 28.3. The molecule has 12 fully saturated rings. The third-order valence-corrected chi connectivity index (χ3v) is 23.0. The topological polar surface area (TPSA) is 203 Å². The molecule has 12 saturated carbocycles. The normalized spacial score (nSPS) is 39.5. The second kappa shape index (κ2) is 18.2. The molecule has 0 aliphatic heterocycles. The van der Waals surface area contributed by atoms with Gasteiger partial charge >= 0.3 is 317 Å². The average Bonchev–Trinajstić information content (AvgIpc) is 3.18. The number of carboxylic acids is 1. The molecule has 0 amide bonds. The predicted molar refractivity (Wildman–Crippen MR) is 255 cm³/mol. The molecule has 12 aliphatic carbocycles. The van der Waals surface area contributed by atoms with Crippen LogP contribution in [-0.2, 0) is 36.2 Å². The van der Waals surface area contributed by atoms with E-state index in [4.69, 9.17) is 12.3 Å². The van der Waals surface area contributed by atoms with Gasteiger partial charge in [0.2, 0.25) is 0 Å². The van der Waals surface area contributed by atoms with Crippen molar-refractivity contribution in [1.29, 1.82) is 0 Å². The molecule has 2 aromatic rings. The van der Waals surface area contributed by atoms with Crippen molar-refractivity contribution >= 4 is 71.1 Å². The molecule has 0 spiro atoms. The number of rotatable bonds is 9. The van der Waals surface area contributed by atoms with Gasteiger partial charge in [-0.3, -0.25) is 4.79 Å². The maximum atomic E-state index is 13.8. The van der Waals surface area contributed by atoms with E-state index in [0.717, 1.165) is 103 Å². The minimum absolute atomic E-state index is 0. The molecule has 14 rings (SSSR count). The van der Waals surface area contributed by atoms with Crippen LogP contribution in [0.3, 0.4) is 0 Å². The predicted octanol–water partition coefficient (Wildman–Crippen LogP) is 9.30. The van der Waals surface area contributed by atoms with Crippen molar-refractivity contribution in [1.82, 2.24) is 0 Å². The summed E-state index contributed by atoms with van der Waals surface area (Å²) in [5, 5.41) is 41.8. The number of carbonyl (C=O) groups excluding carboxylic acids is 4. The van der Waals surface area contributed by atoms with Gasteiger partial charge in [-0.05, 0) is 50.4 Å². The van der Waals surface area contributed by atoms with Gasteiger partial charge < -0.3 is 10.2 Å². The van der Waals surface area contributed by atoms with Gasteiger partial charge in [-0.25, -0.2) is 0 Å². The van der Waals surface area contributed by atoms with E-state index in [0.29, 0.717) is 54.8 Å². The quantitative estimate of drug-likeness (QED) is 0.173. The Hall–Kier alpha value is -2.87. The van der Waals surface area contributed by atoms with E-state index in [9.17, 15) is 44.4 Å². The van der Waals surface area contributed by atoms with Gasteiger partial charge in [-0.1, -0.05) is 7.43 Å². The van der Waals surface area contributed by atoms with Gasteiger partial charge in [0.05, 0.1) is 11.0 Å². The molecule has 358 valence electrons. The number of halogens is 2. The van der Waals surface area contributed by atoms with Crippen LogP contribution in [0.15, 0.2) is 60.7 Å². The van der Waals surface area contributed by atoms with E-state index in [-0.39, 0.29) is 19.4 Å². The molecule has 65 heavy (non-hydrogen) atoms. The Labute approximate surface area is 398 Å². The molecule has 0 aromatic heterocycles. The van der Waals surface area contributed by atoms with E-state index in [1.807, 2.05) is 48.5 Å². The Bertz CT molecular complexity index is 2010. The van der Waals surface area contributed by atoms with Gasteiger partial charge in [-0.15, -0.1) is 0 Å². The molecule has 13 nitrogen and oxygen atoms in total. The van der Waals surface area contributed by atoms with Crippen molar-refractivity contribution in [3.63, 3.8) is 0 Å². The van der Waals surface area contributed by atoms with Crippen LogP contribution in [-0.4, -0.2) is 67.1 Å². The van der Waals surface area contributed by atoms with Gasteiger partial charge in [0.25, 0.3) is 0 Å². The molecule has 0 radical (unpaired) electrons. The molecule has 15 heteroatoms. The summed E-state index contributed by atoms with van der Waals surface area (Å²) in [7, 11) is 0. The first-order valence-electron chi connectivity index (χ1n) is 23.0. The van der Waals surface area contributed by atoms with E-state index in [2.05, 4.69) is 0 Å². The summed E-state index contributed by atoms with van der Waals surface area (Å²) in [5.74, 6) is 0.389. The Morgan fingerprint density at radius 1 is 0.462 bits per heavy atom.